The molecule has 0 aliphatic rings. The fourth-order valence-corrected chi connectivity index (χ4v) is 2.34. The molecule has 0 radical (unpaired) electrons. The Balaban J connectivity index is 5.11. The van der Waals surface area contributed by atoms with Crippen LogP contribution in [0, 0.1) is 0 Å². The van der Waals surface area contributed by atoms with Crippen molar-refractivity contribution in [3.8, 4) is 0 Å². The molecule has 0 aromatic rings. The van der Waals surface area contributed by atoms with E-state index >= 15 is 0 Å². The van der Waals surface area contributed by atoms with Gasteiger partial charge in [0.15, 0.2) is 0 Å². The maximum atomic E-state index is 12.7. The van der Waals surface area contributed by atoms with Crippen LogP contribution in [0.1, 0.15) is 32.6 Å². The number of carbonyl (C=O) groups is 3. The van der Waals surface area contributed by atoms with Crippen molar-refractivity contribution in [1.29, 1.82) is 0 Å². The summed E-state index contributed by atoms with van der Waals surface area (Å²) in [5, 5.41) is 29.1. The minimum Gasteiger partial charge on any atom is -0.391 e. The SMILES string of the molecule is CNC(=O)C(CCC(N)O)NC(=O)C(CCCNCN)NC(=O)C(N)C(C)O. The van der Waals surface area contributed by atoms with Gasteiger partial charge in [0.1, 0.15) is 24.4 Å². The second-order valence-electron chi connectivity index (χ2n) is 6.49. The van der Waals surface area contributed by atoms with Crippen LogP contribution in [-0.4, -0.2) is 78.7 Å². The van der Waals surface area contributed by atoms with Crippen molar-refractivity contribution >= 4 is 17.7 Å². The number of aliphatic hydroxyl groups excluding tert-OH is 2. The summed E-state index contributed by atoms with van der Waals surface area (Å²) in [6.07, 6.45) is -1.21. The lowest BCUT2D eigenvalue weighted by molar-refractivity contribution is -0.133. The lowest BCUT2D eigenvalue weighted by atomic mass is 10.1. The van der Waals surface area contributed by atoms with Crippen molar-refractivity contribution in [1.82, 2.24) is 21.3 Å². The number of likely N-dealkylation sites (N-methyl/N-ethyl adjacent to an activating group) is 1. The molecule has 0 aromatic carbocycles. The monoisotopic (exact) mass is 405 g/mol. The number of hydrogen-bond acceptors (Lipinski definition) is 9. The van der Waals surface area contributed by atoms with Crippen molar-refractivity contribution in [2.45, 2.75) is 63.1 Å². The van der Waals surface area contributed by atoms with Crippen LogP contribution in [0.3, 0.4) is 0 Å². The summed E-state index contributed by atoms with van der Waals surface area (Å²) in [6.45, 7) is 2.16. The first kappa shape index (κ1) is 26.2. The summed E-state index contributed by atoms with van der Waals surface area (Å²) in [7, 11) is 1.42. The first-order valence-electron chi connectivity index (χ1n) is 9.24. The van der Waals surface area contributed by atoms with Gasteiger partial charge in [0.25, 0.3) is 0 Å². The van der Waals surface area contributed by atoms with Gasteiger partial charge < -0.3 is 48.7 Å². The number of nitrogens with two attached hydrogens (primary N) is 3. The Kier molecular flexibility index (Phi) is 13.3. The fraction of sp³-hybridized carbons (Fsp3) is 0.812. The third-order valence-electron chi connectivity index (χ3n) is 4.08. The third-order valence-corrected chi connectivity index (χ3v) is 4.08. The molecule has 164 valence electrons. The zero-order chi connectivity index (χ0) is 21.7. The molecule has 5 atom stereocenters. The molecule has 5 unspecified atom stereocenters. The van der Waals surface area contributed by atoms with Crippen molar-refractivity contribution in [2.75, 3.05) is 20.3 Å². The van der Waals surface area contributed by atoms with Gasteiger partial charge in [0.2, 0.25) is 17.7 Å². The number of aliphatic hydroxyl groups is 2. The fourth-order valence-electron chi connectivity index (χ4n) is 2.34. The van der Waals surface area contributed by atoms with E-state index in [2.05, 4.69) is 21.3 Å². The van der Waals surface area contributed by atoms with E-state index in [0.29, 0.717) is 13.0 Å². The summed E-state index contributed by atoms with van der Waals surface area (Å²) < 4.78 is 0. The minimum absolute atomic E-state index is 0.0999. The van der Waals surface area contributed by atoms with Gasteiger partial charge in [-0.25, -0.2) is 0 Å². The van der Waals surface area contributed by atoms with E-state index in [4.69, 9.17) is 17.2 Å². The summed E-state index contributed by atoms with van der Waals surface area (Å²) >= 11 is 0. The first-order valence-corrected chi connectivity index (χ1v) is 9.24. The molecule has 28 heavy (non-hydrogen) atoms. The Morgan fingerprint density at radius 2 is 1.50 bits per heavy atom. The molecule has 0 saturated carbocycles. The molecule has 0 rings (SSSR count). The van der Waals surface area contributed by atoms with E-state index in [9.17, 15) is 24.6 Å². The number of rotatable bonds is 14. The van der Waals surface area contributed by atoms with Crippen LogP contribution in [0.25, 0.3) is 0 Å². The van der Waals surface area contributed by atoms with Crippen molar-refractivity contribution in [2.24, 2.45) is 17.2 Å². The molecule has 0 aromatic heterocycles. The molecule has 0 heterocycles. The van der Waals surface area contributed by atoms with Gasteiger partial charge in [-0.05, 0) is 39.2 Å². The average molecular weight is 406 g/mol. The molecule has 0 aliphatic heterocycles. The number of hydrogen-bond donors (Lipinski definition) is 9. The zero-order valence-electron chi connectivity index (χ0n) is 16.5. The Morgan fingerprint density at radius 3 is 2.00 bits per heavy atom. The molecular formula is C16H35N7O5. The van der Waals surface area contributed by atoms with E-state index in [0.717, 1.165) is 0 Å². The van der Waals surface area contributed by atoms with E-state index < -0.39 is 48.2 Å². The highest BCUT2D eigenvalue weighted by atomic mass is 16.3. The van der Waals surface area contributed by atoms with E-state index in [1.807, 2.05) is 0 Å². The normalized spacial score (nSPS) is 16.4. The van der Waals surface area contributed by atoms with Gasteiger partial charge >= 0.3 is 0 Å². The molecular weight excluding hydrogens is 370 g/mol. The molecule has 0 saturated heterocycles. The summed E-state index contributed by atoms with van der Waals surface area (Å²) in [5.41, 5.74) is 16.3. The number of amides is 3. The van der Waals surface area contributed by atoms with Crippen LogP contribution in [0.4, 0.5) is 0 Å². The van der Waals surface area contributed by atoms with Crippen molar-refractivity contribution < 1.29 is 24.6 Å². The first-order chi connectivity index (χ1) is 13.1. The molecule has 0 fully saturated rings. The summed E-state index contributed by atoms with van der Waals surface area (Å²) in [5.74, 6) is -1.72. The van der Waals surface area contributed by atoms with E-state index in [-0.39, 0.29) is 25.9 Å². The third kappa shape index (κ3) is 10.5. The van der Waals surface area contributed by atoms with Gasteiger partial charge in [-0.2, -0.15) is 0 Å². The van der Waals surface area contributed by atoms with Gasteiger partial charge in [-0.1, -0.05) is 0 Å². The van der Waals surface area contributed by atoms with Gasteiger partial charge in [-0.3, -0.25) is 14.4 Å². The van der Waals surface area contributed by atoms with Gasteiger partial charge in [-0.15, -0.1) is 0 Å². The van der Waals surface area contributed by atoms with E-state index in [1.165, 1.54) is 14.0 Å². The van der Waals surface area contributed by atoms with Crippen LogP contribution in [0.2, 0.25) is 0 Å². The molecule has 0 spiro atoms. The standard InChI is InChI=1S/C16H35N7O5/c1-9(24)13(19)16(28)23-10(4-3-7-21-8-17)15(27)22-11(14(26)20-2)5-6-12(18)25/h9-13,21,24-25H,3-8,17-19H2,1-2H3,(H,20,26)(H,22,27)(H,23,28). The van der Waals surface area contributed by atoms with Crippen LogP contribution in [-0.2, 0) is 14.4 Å². The minimum atomic E-state index is -1.19. The highest BCUT2D eigenvalue weighted by Crippen LogP contribution is 2.04. The molecule has 3 amide bonds. The summed E-state index contributed by atoms with van der Waals surface area (Å²) in [6, 6.07) is -3.09. The Morgan fingerprint density at radius 1 is 0.929 bits per heavy atom. The summed E-state index contributed by atoms with van der Waals surface area (Å²) in [4.78, 5) is 36.8. The quantitative estimate of drug-likeness (QED) is 0.101. The highest BCUT2D eigenvalue weighted by Gasteiger charge is 2.28. The smallest absolute Gasteiger partial charge is 0.243 e. The van der Waals surface area contributed by atoms with Crippen LogP contribution in [0.15, 0.2) is 0 Å². The van der Waals surface area contributed by atoms with Crippen molar-refractivity contribution in [3.63, 3.8) is 0 Å². The number of nitrogens with one attached hydrogen (secondary N) is 4. The Hall–Kier alpha value is -1.83. The second-order valence-corrected chi connectivity index (χ2v) is 6.49. The van der Waals surface area contributed by atoms with E-state index in [1.54, 1.807) is 0 Å². The largest absolute Gasteiger partial charge is 0.391 e. The van der Waals surface area contributed by atoms with Crippen molar-refractivity contribution in [3.05, 3.63) is 0 Å². The lowest BCUT2D eigenvalue weighted by Crippen LogP contribution is -2.57. The molecule has 12 nitrogen and oxygen atoms in total. The van der Waals surface area contributed by atoms with Gasteiger partial charge in [0.05, 0.1) is 6.10 Å². The van der Waals surface area contributed by atoms with Crippen LogP contribution >= 0.6 is 0 Å². The number of carbonyl (C=O) groups excluding carboxylic acids is 3. The zero-order valence-corrected chi connectivity index (χ0v) is 16.5. The Bertz CT molecular complexity index is 490. The second kappa shape index (κ2) is 14.2. The molecule has 12 heteroatoms. The lowest BCUT2D eigenvalue weighted by Gasteiger charge is -2.24. The molecule has 0 aliphatic carbocycles. The predicted octanol–water partition coefficient (Wildman–Crippen LogP) is -4.25. The molecule has 0 bridgehead atoms. The Labute approximate surface area is 165 Å². The maximum Gasteiger partial charge on any atom is 0.243 e. The topological polar surface area (TPSA) is 218 Å². The van der Waals surface area contributed by atoms with Gasteiger partial charge in [0, 0.05) is 13.7 Å². The molecule has 12 N–H and O–H groups in total. The maximum absolute atomic E-state index is 12.7. The van der Waals surface area contributed by atoms with Crippen LogP contribution in [0.5, 0.6) is 0 Å². The average Bonchev–Trinajstić information content (AvgIpc) is 2.65. The predicted molar refractivity (Wildman–Crippen MR) is 103 cm³/mol. The highest BCUT2D eigenvalue weighted by molar-refractivity contribution is 5.93. The van der Waals surface area contributed by atoms with Crippen LogP contribution < -0.4 is 38.5 Å².